The van der Waals surface area contributed by atoms with Gasteiger partial charge in [-0.25, -0.2) is 0 Å². The number of para-hydroxylation sites is 1. The summed E-state index contributed by atoms with van der Waals surface area (Å²) in [5, 5.41) is 11.0. The summed E-state index contributed by atoms with van der Waals surface area (Å²) in [5.74, 6) is 0.771. The van der Waals surface area contributed by atoms with Gasteiger partial charge in [0.2, 0.25) is 0 Å². The molecule has 1 heterocycles. The Labute approximate surface area is 141 Å². The van der Waals surface area contributed by atoms with Gasteiger partial charge in [-0.05, 0) is 24.3 Å². The molecule has 0 atom stereocenters. The molecule has 4 nitrogen and oxygen atoms in total. The molecular formula is C18H21ClN2O2. The Morgan fingerprint density at radius 1 is 1.09 bits per heavy atom. The van der Waals surface area contributed by atoms with Crippen LogP contribution in [0.25, 0.3) is 0 Å². The highest BCUT2D eigenvalue weighted by Crippen LogP contribution is 2.30. The lowest BCUT2D eigenvalue weighted by Crippen LogP contribution is -2.45. The Balaban J connectivity index is 1.61. The van der Waals surface area contributed by atoms with Crippen LogP contribution in [0.3, 0.4) is 0 Å². The van der Waals surface area contributed by atoms with Crippen molar-refractivity contribution in [3.8, 4) is 11.5 Å². The summed E-state index contributed by atoms with van der Waals surface area (Å²) in [6.07, 6.45) is 0. The van der Waals surface area contributed by atoms with Crippen LogP contribution in [0.2, 0.25) is 5.02 Å². The Morgan fingerprint density at radius 2 is 1.83 bits per heavy atom. The first-order valence-corrected chi connectivity index (χ1v) is 8.13. The summed E-state index contributed by atoms with van der Waals surface area (Å²) in [4.78, 5) is 4.68. The van der Waals surface area contributed by atoms with Crippen LogP contribution in [0.4, 0.5) is 5.69 Å². The van der Waals surface area contributed by atoms with Crippen LogP contribution in [0.1, 0.15) is 5.56 Å². The first-order chi connectivity index (χ1) is 11.2. The van der Waals surface area contributed by atoms with Gasteiger partial charge in [0.05, 0.1) is 7.11 Å². The Kier molecular flexibility index (Phi) is 4.94. The summed E-state index contributed by atoms with van der Waals surface area (Å²) in [6, 6.07) is 13.6. The maximum atomic E-state index is 10.2. The molecule has 2 aromatic carbocycles. The van der Waals surface area contributed by atoms with Crippen LogP contribution in [0.5, 0.6) is 11.5 Å². The van der Waals surface area contributed by atoms with Crippen LogP contribution in [0.15, 0.2) is 42.5 Å². The first-order valence-electron chi connectivity index (χ1n) is 7.75. The zero-order chi connectivity index (χ0) is 16.2. The van der Waals surface area contributed by atoms with Gasteiger partial charge >= 0.3 is 0 Å². The van der Waals surface area contributed by atoms with Gasteiger partial charge in [-0.15, -0.1) is 0 Å². The van der Waals surface area contributed by atoms with Gasteiger partial charge in [0.15, 0.2) is 11.5 Å². The number of phenolic OH excluding ortho intramolecular Hbond substituents is 1. The standard InChI is InChI=1S/C18H21ClN2O2/c1-23-17-7-2-4-14(18(17)22)13-20-8-10-21(11-9-20)16-6-3-5-15(19)12-16/h2-7,12,22H,8-11,13H2,1H3. The SMILES string of the molecule is COc1cccc(CN2CCN(c3cccc(Cl)c3)CC2)c1O. The lowest BCUT2D eigenvalue weighted by molar-refractivity contribution is 0.245. The minimum absolute atomic E-state index is 0.243. The van der Waals surface area contributed by atoms with Crippen molar-refractivity contribution in [1.29, 1.82) is 0 Å². The molecule has 1 fully saturated rings. The number of piperazine rings is 1. The fourth-order valence-corrected chi connectivity index (χ4v) is 3.12. The van der Waals surface area contributed by atoms with E-state index in [1.54, 1.807) is 13.2 Å². The molecule has 5 heteroatoms. The molecule has 1 aliphatic heterocycles. The van der Waals surface area contributed by atoms with Gasteiger partial charge in [0, 0.05) is 49.0 Å². The molecule has 2 aromatic rings. The molecule has 0 radical (unpaired) electrons. The predicted molar refractivity (Wildman–Crippen MR) is 93.6 cm³/mol. The van der Waals surface area contributed by atoms with E-state index in [0.29, 0.717) is 5.75 Å². The van der Waals surface area contributed by atoms with E-state index < -0.39 is 0 Å². The van der Waals surface area contributed by atoms with E-state index in [-0.39, 0.29) is 5.75 Å². The number of methoxy groups -OCH3 is 1. The minimum Gasteiger partial charge on any atom is -0.504 e. The topological polar surface area (TPSA) is 35.9 Å². The molecule has 0 bridgehead atoms. The number of phenols is 1. The second-order valence-electron chi connectivity index (χ2n) is 5.71. The third-order valence-electron chi connectivity index (χ3n) is 4.24. The smallest absolute Gasteiger partial charge is 0.162 e. The van der Waals surface area contributed by atoms with Crippen LogP contribution < -0.4 is 9.64 Å². The Bertz CT molecular complexity index is 670. The van der Waals surface area contributed by atoms with E-state index in [1.807, 2.05) is 30.3 Å². The van der Waals surface area contributed by atoms with Crippen molar-refractivity contribution in [1.82, 2.24) is 4.90 Å². The molecule has 0 spiro atoms. The fourth-order valence-electron chi connectivity index (χ4n) is 2.94. The highest BCUT2D eigenvalue weighted by Gasteiger charge is 2.19. The molecule has 0 saturated carbocycles. The molecule has 0 aromatic heterocycles. The summed E-state index contributed by atoms with van der Waals surface area (Å²) in [7, 11) is 1.57. The summed E-state index contributed by atoms with van der Waals surface area (Å²) in [6.45, 7) is 4.52. The van der Waals surface area contributed by atoms with Gasteiger partial charge < -0.3 is 14.7 Å². The average molecular weight is 333 g/mol. The molecule has 1 saturated heterocycles. The van der Waals surface area contributed by atoms with E-state index in [2.05, 4.69) is 15.9 Å². The van der Waals surface area contributed by atoms with Gasteiger partial charge in [-0.3, -0.25) is 4.90 Å². The summed E-state index contributed by atoms with van der Waals surface area (Å²) < 4.78 is 5.17. The Hall–Kier alpha value is -1.91. The number of anilines is 1. The number of ether oxygens (including phenoxy) is 1. The first kappa shape index (κ1) is 16.0. The summed E-state index contributed by atoms with van der Waals surface area (Å²) >= 11 is 6.07. The van der Waals surface area contributed by atoms with E-state index in [0.717, 1.165) is 43.3 Å². The molecule has 3 rings (SSSR count). The largest absolute Gasteiger partial charge is 0.504 e. The second kappa shape index (κ2) is 7.11. The molecule has 1 aliphatic rings. The fraction of sp³-hybridized carbons (Fsp3) is 0.333. The number of benzene rings is 2. The van der Waals surface area contributed by atoms with Crippen LogP contribution >= 0.6 is 11.6 Å². The molecule has 122 valence electrons. The monoisotopic (exact) mass is 332 g/mol. The van der Waals surface area contributed by atoms with Crippen molar-refractivity contribution in [2.45, 2.75) is 6.54 Å². The quantitative estimate of drug-likeness (QED) is 0.931. The molecule has 0 unspecified atom stereocenters. The zero-order valence-corrected chi connectivity index (χ0v) is 14.0. The third kappa shape index (κ3) is 3.71. The van der Waals surface area contributed by atoms with E-state index in [1.165, 1.54) is 5.69 Å². The second-order valence-corrected chi connectivity index (χ2v) is 6.15. The van der Waals surface area contributed by atoms with Crippen molar-refractivity contribution >= 4 is 17.3 Å². The van der Waals surface area contributed by atoms with Crippen LogP contribution in [-0.4, -0.2) is 43.3 Å². The minimum atomic E-state index is 0.243. The predicted octanol–water partition coefficient (Wildman–Crippen LogP) is 3.38. The van der Waals surface area contributed by atoms with Gasteiger partial charge in [-0.2, -0.15) is 0 Å². The van der Waals surface area contributed by atoms with Crippen molar-refractivity contribution in [2.75, 3.05) is 38.2 Å². The molecule has 0 amide bonds. The highest BCUT2D eigenvalue weighted by atomic mass is 35.5. The van der Waals surface area contributed by atoms with Crippen LogP contribution in [0, 0.1) is 0 Å². The number of hydrogen-bond donors (Lipinski definition) is 1. The zero-order valence-electron chi connectivity index (χ0n) is 13.2. The Morgan fingerprint density at radius 3 is 2.52 bits per heavy atom. The van der Waals surface area contributed by atoms with Gasteiger partial charge in [0.1, 0.15) is 0 Å². The summed E-state index contributed by atoms with van der Waals surface area (Å²) in [5.41, 5.74) is 2.07. The van der Waals surface area contributed by atoms with E-state index in [4.69, 9.17) is 16.3 Å². The van der Waals surface area contributed by atoms with E-state index in [9.17, 15) is 5.11 Å². The maximum Gasteiger partial charge on any atom is 0.162 e. The lowest BCUT2D eigenvalue weighted by Gasteiger charge is -2.36. The van der Waals surface area contributed by atoms with Crippen molar-refractivity contribution in [3.63, 3.8) is 0 Å². The van der Waals surface area contributed by atoms with Crippen molar-refractivity contribution in [2.24, 2.45) is 0 Å². The lowest BCUT2D eigenvalue weighted by atomic mass is 10.1. The van der Waals surface area contributed by atoms with Crippen molar-refractivity contribution < 1.29 is 9.84 Å². The number of nitrogens with zero attached hydrogens (tertiary/aromatic N) is 2. The molecule has 23 heavy (non-hydrogen) atoms. The number of hydrogen-bond acceptors (Lipinski definition) is 4. The van der Waals surface area contributed by atoms with E-state index >= 15 is 0 Å². The average Bonchev–Trinajstić information content (AvgIpc) is 2.57. The van der Waals surface area contributed by atoms with Gasteiger partial charge in [-0.1, -0.05) is 29.8 Å². The molecule has 0 aliphatic carbocycles. The van der Waals surface area contributed by atoms with Crippen LogP contribution in [-0.2, 0) is 6.54 Å². The number of aromatic hydroxyl groups is 1. The normalized spacial score (nSPS) is 15.7. The highest BCUT2D eigenvalue weighted by molar-refractivity contribution is 6.30. The third-order valence-corrected chi connectivity index (χ3v) is 4.48. The maximum absolute atomic E-state index is 10.2. The van der Waals surface area contributed by atoms with Crippen molar-refractivity contribution in [3.05, 3.63) is 53.1 Å². The van der Waals surface area contributed by atoms with Gasteiger partial charge in [0.25, 0.3) is 0 Å². The molecule has 1 N–H and O–H groups in total. The number of rotatable bonds is 4. The molecular weight excluding hydrogens is 312 g/mol. The number of halogens is 1.